The highest BCUT2D eigenvalue weighted by Crippen LogP contribution is 2.27. The first-order chi connectivity index (χ1) is 6.79. The SMILES string of the molecule is CCCCC(CN)c1ccccc1Br. The molecule has 0 aliphatic heterocycles. The molecule has 1 aromatic rings. The van der Waals surface area contributed by atoms with E-state index >= 15 is 0 Å². The molecule has 0 fully saturated rings. The van der Waals surface area contributed by atoms with Gasteiger partial charge >= 0.3 is 0 Å². The molecule has 0 spiro atoms. The monoisotopic (exact) mass is 255 g/mol. The number of hydrogen-bond acceptors (Lipinski definition) is 1. The molecule has 0 bridgehead atoms. The largest absolute Gasteiger partial charge is 0.330 e. The molecule has 0 amide bonds. The second-order valence-corrected chi connectivity index (χ2v) is 4.45. The van der Waals surface area contributed by atoms with Crippen molar-refractivity contribution in [3.63, 3.8) is 0 Å². The summed E-state index contributed by atoms with van der Waals surface area (Å²) in [5.74, 6) is 0.505. The highest BCUT2D eigenvalue weighted by Gasteiger charge is 2.11. The molecule has 1 unspecified atom stereocenters. The molecule has 1 nitrogen and oxygen atoms in total. The molecular formula is C12H18BrN. The van der Waals surface area contributed by atoms with Crippen LogP contribution in [-0.2, 0) is 0 Å². The number of rotatable bonds is 5. The fourth-order valence-corrected chi connectivity index (χ4v) is 2.27. The van der Waals surface area contributed by atoms with E-state index in [0.29, 0.717) is 5.92 Å². The third-order valence-corrected chi connectivity index (χ3v) is 3.26. The minimum Gasteiger partial charge on any atom is -0.330 e. The van der Waals surface area contributed by atoms with Gasteiger partial charge in [-0.1, -0.05) is 53.9 Å². The maximum Gasteiger partial charge on any atom is 0.0210 e. The van der Waals surface area contributed by atoms with Crippen LogP contribution in [0.5, 0.6) is 0 Å². The standard InChI is InChI=1S/C12H18BrN/c1-2-3-6-10(9-14)11-7-4-5-8-12(11)13/h4-5,7-8,10H,2-3,6,9,14H2,1H3. The summed E-state index contributed by atoms with van der Waals surface area (Å²) in [5, 5.41) is 0. The van der Waals surface area contributed by atoms with E-state index in [1.54, 1.807) is 0 Å². The minimum atomic E-state index is 0.505. The van der Waals surface area contributed by atoms with E-state index in [-0.39, 0.29) is 0 Å². The summed E-state index contributed by atoms with van der Waals surface area (Å²) < 4.78 is 1.19. The summed E-state index contributed by atoms with van der Waals surface area (Å²) in [6.07, 6.45) is 3.68. The van der Waals surface area contributed by atoms with Gasteiger partial charge in [0.25, 0.3) is 0 Å². The Balaban J connectivity index is 2.73. The maximum atomic E-state index is 5.79. The Labute approximate surface area is 94.8 Å². The zero-order valence-electron chi connectivity index (χ0n) is 8.67. The van der Waals surface area contributed by atoms with Crippen LogP contribution in [0.3, 0.4) is 0 Å². The van der Waals surface area contributed by atoms with Crippen molar-refractivity contribution in [2.45, 2.75) is 32.1 Å². The Bertz CT molecular complexity index is 273. The maximum absolute atomic E-state index is 5.79. The topological polar surface area (TPSA) is 26.0 Å². The zero-order valence-corrected chi connectivity index (χ0v) is 10.3. The first-order valence-electron chi connectivity index (χ1n) is 5.24. The normalized spacial score (nSPS) is 12.8. The lowest BCUT2D eigenvalue weighted by Gasteiger charge is -2.16. The highest BCUT2D eigenvalue weighted by atomic mass is 79.9. The van der Waals surface area contributed by atoms with Gasteiger partial charge in [0.15, 0.2) is 0 Å². The van der Waals surface area contributed by atoms with Gasteiger partial charge in [-0.3, -0.25) is 0 Å². The van der Waals surface area contributed by atoms with Gasteiger partial charge in [0.1, 0.15) is 0 Å². The summed E-state index contributed by atoms with van der Waals surface area (Å²) in [5.41, 5.74) is 7.14. The first kappa shape index (κ1) is 11.7. The minimum absolute atomic E-state index is 0.505. The van der Waals surface area contributed by atoms with Crippen molar-refractivity contribution in [2.24, 2.45) is 5.73 Å². The number of unbranched alkanes of at least 4 members (excludes halogenated alkanes) is 1. The van der Waals surface area contributed by atoms with E-state index in [9.17, 15) is 0 Å². The van der Waals surface area contributed by atoms with Crippen LogP contribution in [0.4, 0.5) is 0 Å². The molecule has 78 valence electrons. The second kappa shape index (κ2) is 6.20. The quantitative estimate of drug-likeness (QED) is 0.854. The first-order valence-corrected chi connectivity index (χ1v) is 6.03. The molecule has 1 aromatic carbocycles. The van der Waals surface area contributed by atoms with Gasteiger partial charge in [0.2, 0.25) is 0 Å². The van der Waals surface area contributed by atoms with Gasteiger partial charge in [-0.05, 0) is 30.5 Å². The molecule has 2 N–H and O–H groups in total. The Morgan fingerprint density at radius 1 is 1.36 bits per heavy atom. The number of nitrogens with two attached hydrogens (primary N) is 1. The molecule has 0 aliphatic carbocycles. The van der Waals surface area contributed by atoms with Crippen molar-refractivity contribution in [3.05, 3.63) is 34.3 Å². The Hall–Kier alpha value is -0.340. The van der Waals surface area contributed by atoms with Crippen LogP contribution in [0.15, 0.2) is 28.7 Å². The summed E-state index contributed by atoms with van der Waals surface area (Å²) >= 11 is 3.57. The Morgan fingerprint density at radius 3 is 2.64 bits per heavy atom. The summed E-state index contributed by atoms with van der Waals surface area (Å²) in [6, 6.07) is 8.37. The molecule has 2 heteroatoms. The molecule has 0 heterocycles. The summed E-state index contributed by atoms with van der Waals surface area (Å²) in [4.78, 5) is 0. The van der Waals surface area contributed by atoms with Gasteiger partial charge in [-0.2, -0.15) is 0 Å². The van der Waals surface area contributed by atoms with Crippen molar-refractivity contribution in [3.8, 4) is 0 Å². The van der Waals surface area contributed by atoms with Gasteiger partial charge in [0, 0.05) is 4.47 Å². The lowest BCUT2D eigenvalue weighted by Crippen LogP contribution is -2.12. The van der Waals surface area contributed by atoms with Crippen LogP contribution >= 0.6 is 15.9 Å². The Morgan fingerprint density at radius 2 is 2.07 bits per heavy atom. The average Bonchev–Trinajstić information content (AvgIpc) is 2.21. The van der Waals surface area contributed by atoms with Gasteiger partial charge in [-0.25, -0.2) is 0 Å². The van der Waals surface area contributed by atoms with E-state index in [4.69, 9.17) is 5.73 Å². The van der Waals surface area contributed by atoms with E-state index in [2.05, 4.69) is 41.1 Å². The lowest BCUT2D eigenvalue weighted by molar-refractivity contribution is 0.590. The zero-order chi connectivity index (χ0) is 10.4. The Kier molecular flexibility index (Phi) is 5.20. The molecule has 0 aromatic heterocycles. The average molecular weight is 256 g/mol. The molecule has 14 heavy (non-hydrogen) atoms. The van der Waals surface area contributed by atoms with Crippen molar-refractivity contribution < 1.29 is 0 Å². The van der Waals surface area contributed by atoms with Crippen molar-refractivity contribution in [2.75, 3.05) is 6.54 Å². The molecule has 0 aliphatic rings. The molecular weight excluding hydrogens is 238 g/mol. The fourth-order valence-electron chi connectivity index (χ4n) is 1.66. The van der Waals surface area contributed by atoms with Gasteiger partial charge < -0.3 is 5.73 Å². The summed E-state index contributed by atoms with van der Waals surface area (Å²) in [7, 11) is 0. The molecule has 1 rings (SSSR count). The fraction of sp³-hybridized carbons (Fsp3) is 0.500. The lowest BCUT2D eigenvalue weighted by atomic mass is 9.94. The third kappa shape index (κ3) is 3.10. The van der Waals surface area contributed by atoms with Crippen LogP contribution in [0, 0.1) is 0 Å². The molecule has 1 atom stereocenters. The van der Waals surface area contributed by atoms with Gasteiger partial charge in [0.05, 0.1) is 0 Å². The predicted molar refractivity (Wildman–Crippen MR) is 65.5 cm³/mol. The predicted octanol–water partition coefficient (Wildman–Crippen LogP) is 3.68. The number of hydrogen-bond donors (Lipinski definition) is 1. The number of benzene rings is 1. The second-order valence-electron chi connectivity index (χ2n) is 3.60. The number of halogens is 1. The van der Waals surface area contributed by atoms with Crippen molar-refractivity contribution in [1.29, 1.82) is 0 Å². The van der Waals surface area contributed by atoms with E-state index in [1.165, 1.54) is 29.3 Å². The third-order valence-electron chi connectivity index (χ3n) is 2.54. The van der Waals surface area contributed by atoms with Crippen LogP contribution in [-0.4, -0.2) is 6.54 Å². The molecule has 0 saturated heterocycles. The van der Waals surface area contributed by atoms with E-state index < -0.39 is 0 Å². The van der Waals surface area contributed by atoms with Crippen molar-refractivity contribution in [1.82, 2.24) is 0 Å². The van der Waals surface area contributed by atoms with Gasteiger partial charge in [-0.15, -0.1) is 0 Å². The van der Waals surface area contributed by atoms with Crippen LogP contribution in [0.25, 0.3) is 0 Å². The van der Waals surface area contributed by atoms with Crippen LogP contribution < -0.4 is 5.73 Å². The highest BCUT2D eigenvalue weighted by molar-refractivity contribution is 9.10. The van der Waals surface area contributed by atoms with E-state index in [1.807, 2.05) is 6.07 Å². The smallest absolute Gasteiger partial charge is 0.0210 e. The van der Waals surface area contributed by atoms with Crippen molar-refractivity contribution >= 4 is 15.9 Å². The van der Waals surface area contributed by atoms with E-state index in [0.717, 1.165) is 6.54 Å². The molecule has 0 radical (unpaired) electrons. The summed E-state index contributed by atoms with van der Waals surface area (Å²) in [6.45, 7) is 2.95. The van der Waals surface area contributed by atoms with Crippen LogP contribution in [0.1, 0.15) is 37.7 Å². The van der Waals surface area contributed by atoms with Crippen LogP contribution in [0.2, 0.25) is 0 Å². The molecule has 0 saturated carbocycles.